The van der Waals surface area contributed by atoms with Gasteiger partial charge in [-0.2, -0.15) is 15.1 Å². The highest BCUT2D eigenvalue weighted by atomic mass is 32.1. The Hall–Kier alpha value is -3.49. The summed E-state index contributed by atoms with van der Waals surface area (Å²) in [6, 6.07) is 6.65. The van der Waals surface area contributed by atoms with E-state index < -0.39 is 11.8 Å². The first-order valence-corrected chi connectivity index (χ1v) is 18.3. The molecule has 1 aromatic carbocycles. The van der Waals surface area contributed by atoms with Crippen molar-refractivity contribution in [3.63, 3.8) is 0 Å². The Morgan fingerprint density at radius 3 is 2.94 bits per heavy atom. The molecule has 258 valence electrons. The number of thiophene rings is 1. The Kier molecular flexibility index (Phi) is 7.76. The number of aromatic nitrogens is 5. The van der Waals surface area contributed by atoms with Crippen LogP contribution in [0.1, 0.15) is 57.2 Å². The first-order chi connectivity index (χ1) is 23.8. The lowest BCUT2D eigenvalue weighted by atomic mass is 9.95. The van der Waals surface area contributed by atoms with Crippen LogP contribution in [0.2, 0.25) is 0 Å². The molecule has 0 spiro atoms. The van der Waals surface area contributed by atoms with Gasteiger partial charge in [0.25, 0.3) is 0 Å². The molecule has 0 aliphatic carbocycles. The molecule has 1 unspecified atom stereocenters. The second kappa shape index (κ2) is 12.1. The molecule has 5 aromatic rings. The van der Waals surface area contributed by atoms with Crippen LogP contribution >= 0.6 is 11.3 Å². The van der Waals surface area contributed by atoms with Crippen LogP contribution in [-0.2, 0) is 9.47 Å². The number of alkyl halides is 1. The van der Waals surface area contributed by atoms with Gasteiger partial charge in [0.2, 0.25) is 0 Å². The van der Waals surface area contributed by atoms with Crippen LogP contribution < -0.4 is 9.64 Å². The summed E-state index contributed by atoms with van der Waals surface area (Å²) < 4.78 is 35.9. The minimum atomic E-state index is -1.06. The Morgan fingerprint density at radius 2 is 2.06 bits per heavy atom. The molecule has 49 heavy (non-hydrogen) atoms. The third-order valence-electron chi connectivity index (χ3n) is 10.7. The molecule has 13 heteroatoms. The van der Waals surface area contributed by atoms with E-state index in [0.29, 0.717) is 45.1 Å². The number of anilines is 1. The third kappa shape index (κ3) is 5.54. The number of rotatable bonds is 6. The molecule has 4 fully saturated rings. The van der Waals surface area contributed by atoms with Crippen LogP contribution in [0.4, 0.5) is 10.2 Å². The number of aliphatic hydroxyl groups is 1. The summed E-state index contributed by atoms with van der Waals surface area (Å²) in [7, 11) is 0. The van der Waals surface area contributed by atoms with E-state index in [1.54, 1.807) is 18.3 Å². The molecule has 11 nitrogen and oxygen atoms in total. The van der Waals surface area contributed by atoms with Crippen molar-refractivity contribution in [2.24, 2.45) is 0 Å². The average molecular weight is 688 g/mol. The minimum absolute atomic E-state index is 0.0732. The maximum absolute atomic E-state index is 14.6. The zero-order chi connectivity index (χ0) is 33.3. The summed E-state index contributed by atoms with van der Waals surface area (Å²) in [5.41, 5.74) is 2.63. The van der Waals surface area contributed by atoms with E-state index in [9.17, 15) is 9.50 Å². The maximum atomic E-state index is 14.6. The fourth-order valence-electron chi connectivity index (χ4n) is 8.51. The van der Waals surface area contributed by atoms with Gasteiger partial charge in [0.05, 0.1) is 52.8 Å². The van der Waals surface area contributed by atoms with E-state index in [1.807, 2.05) is 23.1 Å². The summed E-state index contributed by atoms with van der Waals surface area (Å²) in [5.74, 6) is 0.696. The van der Waals surface area contributed by atoms with Crippen LogP contribution in [0.15, 0.2) is 30.6 Å². The zero-order valence-electron chi connectivity index (χ0n) is 28.0. The second-order valence-corrected chi connectivity index (χ2v) is 15.6. The van der Waals surface area contributed by atoms with Crippen molar-refractivity contribution in [2.75, 3.05) is 57.5 Å². The number of hydrogen-bond donors (Lipinski definition) is 1. The van der Waals surface area contributed by atoms with Crippen molar-refractivity contribution in [2.45, 2.75) is 75.9 Å². The van der Waals surface area contributed by atoms with Crippen LogP contribution in [0, 0.1) is 6.92 Å². The lowest BCUT2D eigenvalue weighted by molar-refractivity contribution is -0.0366. The fourth-order valence-corrected chi connectivity index (χ4v) is 9.67. The lowest BCUT2D eigenvalue weighted by Crippen LogP contribution is -2.43. The largest absolute Gasteiger partial charge is 0.461 e. The summed E-state index contributed by atoms with van der Waals surface area (Å²) in [6.07, 6.45) is 8.43. The first-order valence-electron chi connectivity index (χ1n) is 17.5. The highest BCUT2D eigenvalue weighted by Gasteiger charge is 2.49. The number of benzene rings is 1. The second-order valence-electron chi connectivity index (χ2n) is 14.6. The topological polar surface area (TPSA) is 111 Å². The molecule has 0 amide bonds. The van der Waals surface area contributed by atoms with E-state index >= 15 is 0 Å². The highest BCUT2D eigenvalue weighted by Crippen LogP contribution is 2.45. The molecule has 0 bridgehead atoms. The van der Waals surface area contributed by atoms with E-state index in [2.05, 4.69) is 28.9 Å². The predicted octanol–water partition coefficient (Wildman–Crippen LogP) is 5.81. The van der Waals surface area contributed by atoms with Gasteiger partial charge in [-0.3, -0.25) is 9.88 Å². The Balaban J connectivity index is 1.18. The molecule has 4 aromatic heterocycles. The van der Waals surface area contributed by atoms with Gasteiger partial charge < -0.3 is 24.2 Å². The number of fused-ring (bicyclic) bond motifs is 5. The molecule has 4 saturated heterocycles. The standard InChI is InChI=1S/C36H42FN7O4S/c1-22-14-25(26-17-39-44(27(26)15-22)28-6-3-4-12-47-28)30-31-24(7-9-38-30)29-32(42-11-13-46-20-35(2,45)19-42)40-34(41-33(29)49-31)48-21-36-8-5-10-43(36)18-23(37)16-36/h7,9,14-15,17,23,28,45H,3-6,8,10-13,16,18-21H2,1-2H3/t23-,28?,35+,36+/m1/s1. The maximum Gasteiger partial charge on any atom is 0.319 e. The number of ether oxygens (including phenoxy) is 3. The Morgan fingerprint density at radius 1 is 1.14 bits per heavy atom. The SMILES string of the molecule is Cc1cc(-c2nccc3c2sc2nc(OC[C@@]45CCCN4C[C@H](F)C5)nc(N4CCOC[C@@](C)(O)C4)c23)c2cnn(C3CCCCO3)c2c1. The third-order valence-corrected chi connectivity index (χ3v) is 11.8. The van der Waals surface area contributed by atoms with E-state index in [-0.39, 0.29) is 24.4 Å². The van der Waals surface area contributed by atoms with Crippen LogP contribution in [0.3, 0.4) is 0 Å². The average Bonchev–Trinajstić information content (AvgIpc) is 3.82. The number of hydrogen-bond acceptors (Lipinski definition) is 11. The molecule has 8 heterocycles. The molecular formula is C36H42FN7O4S. The smallest absolute Gasteiger partial charge is 0.319 e. The van der Waals surface area contributed by atoms with Crippen molar-refractivity contribution in [1.29, 1.82) is 0 Å². The quantitative estimate of drug-likeness (QED) is 0.235. The number of β-amino-alcohol motifs (C(OH)–C–C–N with tert-alkyl or cyclic N) is 1. The molecule has 0 saturated carbocycles. The molecule has 1 N–H and O–H groups in total. The van der Waals surface area contributed by atoms with Crippen molar-refractivity contribution in [3.8, 4) is 17.3 Å². The normalized spacial score (nSPS) is 28.1. The Labute approximate surface area is 288 Å². The van der Waals surface area contributed by atoms with Gasteiger partial charge in [-0.25, -0.2) is 9.07 Å². The molecule has 4 aliphatic rings. The first kappa shape index (κ1) is 31.5. The van der Waals surface area contributed by atoms with E-state index in [4.69, 9.17) is 34.3 Å². The molecule has 4 atom stereocenters. The van der Waals surface area contributed by atoms with Crippen molar-refractivity contribution >= 4 is 48.4 Å². The number of aryl methyl sites for hydroxylation is 1. The van der Waals surface area contributed by atoms with E-state index in [1.165, 1.54) is 0 Å². The van der Waals surface area contributed by atoms with Crippen molar-refractivity contribution in [3.05, 3.63) is 36.2 Å². The van der Waals surface area contributed by atoms with Gasteiger partial charge in [0, 0.05) is 48.6 Å². The van der Waals surface area contributed by atoms with Gasteiger partial charge in [-0.15, -0.1) is 11.3 Å². The van der Waals surface area contributed by atoms with Crippen molar-refractivity contribution < 1.29 is 23.7 Å². The summed E-state index contributed by atoms with van der Waals surface area (Å²) >= 11 is 1.57. The monoisotopic (exact) mass is 687 g/mol. The number of pyridine rings is 1. The molecule has 9 rings (SSSR count). The number of halogens is 1. The number of nitrogens with zero attached hydrogens (tertiary/aromatic N) is 7. The van der Waals surface area contributed by atoms with Crippen molar-refractivity contribution in [1.82, 2.24) is 29.6 Å². The van der Waals surface area contributed by atoms with Gasteiger partial charge in [-0.1, -0.05) is 0 Å². The Bertz CT molecular complexity index is 2040. The zero-order valence-corrected chi connectivity index (χ0v) is 28.8. The van der Waals surface area contributed by atoms with Gasteiger partial charge in [-0.05, 0) is 76.3 Å². The van der Waals surface area contributed by atoms with Gasteiger partial charge >= 0.3 is 6.01 Å². The summed E-state index contributed by atoms with van der Waals surface area (Å²) in [6.45, 7) is 7.93. The molecule has 4 aliphatic heterocycles. The predicted molar refractivity (Wildman–Crippen MR) is 187 cm³/mol. The summed E-state index contributed by atoms with van der Waals surface area (Å²) in [5, 5.41) is 18.9. The van der Waals surface area contributed by atoms with Crippen LogP contribution in [0.5, 0.6) is 6.01 Å². The molecular weight excluding hydrogens is 646 g/mol. The molecule has 0 radical (unpaired) electrons. The van der Waals surface area contributed by atoms with Gasteiger partial charge in [0.15, 0.2) is 6.23 Å². The van der Waals surface area contributed by atoms with Crippen LogP contribution in [0.25, 0.3) is 42.5 Å². The van der Waals surface area contributed by atoms with E-state index in [0.717, 1.165) is 93.3 Å². The highest BCUT2D eigenvalue weighted by molar-refractivity contribution is 7.26. The minimum Gasteiger partial charge on any atom is -0.461 e. The van der Waals surface area contributed by atoms with Crippen LogP contribution in [-0.4, -0.2) is 105 Å². The fraction of sp³-hybridized carbons (Fsp3) is 0.556. The summed E-state index contributed by atoms with van der Waals surface area (Å²) in [4.78, 5) is 20.1. The van der Waals surface area contributed by atoms with Gasteiger partial charge in [0.1, 0.15) is 29.0 Å². The lowest BCUT2D eigenvalue weighted by Gasteiger charge is -2.31.